The predicted octanol–water partition coefficient (Wildman–Crippen LogP) is 1.49. The van der Waals surface area contributed by atoms with Crippen LogP contribution in [0.3, 0.4) is 0 Å². The molecule has 2 amide bonds. The van der Waals surface area contributed by atoms with Gasteiger partial charge >= 0.3 is 0 Å². The second kappa shape index (κ2) is 7.92. The highest BCUT2D eigenvalue weighted by Crippen LogP contribution is 2.23. The molecule has 1 heterocycles. The van der Waals surface area contributed by atoms with Crippen LogP contribution in [-0.4, -0.2) is 32.9 Å². The summed E-state index contributed by atoms with van der Waals surface area (Å²) >= 11 is 0. The van der Waals surface area contributed by atoms with Gasteiger partial charge in [0.05, 0.1) is 18.7 Å². The van der Waals surface area contributed by atoms with Crippen molar-refractivity contribution in [1.82, 2.24) is 20.3 Å². The molecule has 0 spiro atoms. The van der Waals surface area contributed by atoms with E-state index in [2.05, 4.69) is 15.6 Å². The van der Waals surface area contributed by atoms with Gasteiger partial charge in [-0.1, -0.05) is 54.8 Å². The van der Waals surface area contributed by atoms with E-state index in [0.717, 1.165) is 37.7 Å². The van der Waals surface area contributed by atoms with Crippen molar-refractivity contribution in [2.45, 2.75) is 44.7 Å². The normalized spacial score (nSPS) is 20.6. The summed E-state index contributed by atoms with van der Waals surface area (Å²) in [6.07, 6.45) is 6.11. The molecule has 1 aromatic carbocycles. The minimum absolute atomic E-state index is 0.230. The number of primary amides is 1. The minimum atomic E-state index is -0.347. The van der Waals surface area contributed by atoms with Crippen molar-refractivity contribution >= 4 is 11.8 Å². The summed E-state index contributed by atoms with van der Waals surface area (Å²) in [6, 6.07) is 9.61. The lowest BCUT2D eigenvalue weighted by atomic mass is 9.94. The monoisotopic (exact) mass is 341 g/mol. The molecule has 3 rings (SSSR count). The highest BCUT2D eigenvalue weighted by molar-refractivity contribution is 5.92. The number of rotatable bonds is 5. The summed E-state index contributed by atoms with van der Waals surface area (Å²) in [6.45, 7) is 0.550. The maximum Gasteiger partial charge on any atom is 0.273 e. The third kappa shape index (κ3) is 4.43. The summed E-state index contributed by atoms with van der Waals surface area (Å²) in [5.41, 5.74) is 6.84. The van der Waals surface area contributed by atoms with E-state index < -0.39 is 0 Å². The van der Waals surface area contributed by atoms with Gasteiger partial charge in [0.1, 0.15) is 0 Å². The largest absolute Gasteiger partial charge is 0.369 e. The van der Waals surface area contributed by atoms with Crippen LogP contribution in [0.2, 0.25) is 0 Å². The molecule has 7 nitrogen and oxygen atoms in total. The number of carbonyl (C=O) groups excluding carboxylic acids is 2. The molecular formula is C18H23N5O2. The van der Waals surface area contributed by atoms with Gasteiger partial charge in [-0.25, -0.2) is 4.68 Å². The van der Waals surface area contributed by atoms with Crippen LogP contribution < -0.4 is 11.1 Å². The number of amides is 2. The Labute approximate surface area is 146 Å². The fourth-order valence-electron chi connectivity index (χ4n) is 3.31. The van der Waals surface area contributed by atoms with Gasteiger partial charge in [0, 0.05) is 6.04 Å². The first-order valence-electron chi connectivity index (χ1n) is 8.68. The van der Waals surface area contributed by atoms with E-state index in [1.165, 1.54) is 0 Å². The molecule has 25 heavy (non-hydrogen) atoms. The average molecular weight is 341 g/mol. The van der Waals surface area contributed by atoms with Crippen molar-refractivity contribution in [3.05, 3.63) is 47.8 Å². The van der Waals surface area contributed by atoms with Crippen molar-refractivity contribution in [3.63, 3.8) is 0 Å². The molecule has 0 bridgehead atoms. The van der Waals surface area contributed by atoms with Crippen LogP contribution in [0.4, 0.5) is 0 Å². The number of hydrogen-bond acceptors (Lipinski definition) is 4. The second-order valence-electron chi connectivity index (χ2n) is 6.51. The van der Waals surface area contributed by atoms with Gasteiger partial charge in [0.2, 0.25) is 5.91 Å². The second-order valence-corrected chi connectivity index (χ2v) is 6.51. The molecule has 3 N–H and O–H groups in total. The van der Waals surface area contributed by atoms with Crippen LogP contribution in [-0.2, 0) is 11.3 Å². The van der Waals surface area contributed by atoms with Crippen molar-refractivity contribution in [2.75, 3.05) is 0 Å². The molecule has 0 aliphatic heterocycles. The molecule has 0 saturated heterocycles. The van der Waals surface area contributed by atoms with Crippen LogP contribution in [0.5, 0.6) is 0 Å². The maximum absolute atomic E-state index is 12.5. The van der Waals surface area contributed by atoms with Gasteiger partial charge < -0.3 is 11.1 Å². The number of carbonyl (C=O) groups is 2. The topological polar surface area (TPSA) is 103 Å². The zero-order valence-electron chi connectivity index (χ0n) is 14.1. The lowest BCUT2D eigenvalue weighted by molar-refractivity contribution is -0.122. The molecule has 1 aliphatic carbocycles. The molecule has 1 aromatic heterocycles. The molecule has 2 aromatic rings. The average Bonchev–Trinajstić information content (AvgIpc) is 2.94. The van der Waals surface area contributed by atoms with Gasteiger partial charge in [0.15, 0.2) is 5.69 Å². The smallest absolute Gasteiger partial charge is 0.273 e. The van der Waals surface area contributed by atoms with E-state index in [1.54, 1.807) is 10.9 Å². The van der Waals surface area contributed by atoms with Gasteiger partial charge in [-0.05, 0) is 18.4 Å². The maximum atomic E-state index is 12.5. The Bertz CT molecular complexity index is 728. The Morgan fingerprint density at radius 2 is 1.92 bits per heavy atom. The number of nitrogens with zero attached hydrogens (tertiary/aromatic N) is 3. The van der Waals surface area contributed by atoms with Gasteiger partial charge in [-0.15, -0.1) is 5.10 Å². The minimum Gasteiger partial charge on any atom is -0.369 e. The third-order valence-corrected chi connectivity index (χ3v) is 4.66. The van der Waals surface area contributed by atoms with Crippen LogP contribution in [0, 0.1) is 5.92 Å². The van der Waals surface area contributed by atoms with Crippen LogP contribution >= 0.6 is 0 Å². The Hall–Kier alpha value is -2.70. The third-order valence-electron chi connectivity index (χ3n) is 4.66. The summed E-state index contributed by atoms with van der Waals surface area (Å²) < 4.78 is 1.63. The zero-order chi connectivity index (χ0) is 17.6. The Kier molecular flexibility index (Phi) is 5.42. The van der Waals surface area contributed by atoms with Crippen molar-refractivity contribution in [1.29, 1.82) is 0 Å². The Morgan fingerprint density at radius 3 is 2.68 bits per heavy atom. The SMILES string of the molecule is NC(=O)[C@H]1CCCCC[C@H]1NC(=O)c1cn(Cc2ccccc2)nn1. The quantitative estimate of drug-likeness (QED) is 0.804. The van der Waals surface area contributed by atoms with E-state index in [1.807, 2.05) is 30.3 Å². The first-order valence-corrected chi connectivity index (χ1v) is 8.68. The van der Waals surface area contributed by atoms with Crippen LogP contribution in [0.15, 0.2) is 36.5 Å². The molecule has 0 radical (unpaired) electrons. The van der Waals surface area contributed by atoms with E-state index in [4.69, 9.17) is 5.73 Å². The van der Waals surface area contributed by atoms with Crippen molar-refractivity contribution < 1.29 is 9.59 Å². The molecular weight excluding hydrogens is 318 g/mol. The highest BCUT2D eigenvalue weighted by atomic mass is 16.2. The summed E-state index contributed by atoms with van der Waals surface area (Å²) in [5.74, 6) is -0.969. The Morgan fingerprint density at radius 1 is 1.16 bits per heavy atom. The van der Waals surface area contributed by atoms with Gasteiger partial charge in [-0.2, -0.15) is 0 Å². The van der Waals surface area contributed by atoms with E-state index in [9.17, 15) is 9.59 Å². The van der Waals surface area contributed by atoms with Gasteiger partial charge in [-0.3, -0.25) is 9.59 Å². The van der Waals surface area contributed by atoms with Crippen LogP contribution in [0.25, 0.3) is 0 Å². The standard InChI is InChI=1S/C18H23N5O2/c19-17(24)14-9-5-2-6-10-15(14)20-18(25)16-12-23(22-21-16)11-13-7-3-1-4-8-13/h1,3-4,7-8,12,14-15H,2,5-6,9-11H2,(H2,19,24)(H,20,25)/t14-,15+/m0/s1. The molecule has 7 heteroatoms. The summed E-state index contributed by atoms with van der Waals surface area (Å²) in [7, 11) is 0. The highest BCUT2D eigenvalue weighted by Gasteiger charge is 2.30. The summed E-state index contributed by atoms with van der Waals surface area (Å²) in [4.78, 5) is 24.2. The number of nitrogens with one attached hydrogen (secondary N) is 1. The molecule has 1 aliphatic rings. The van der Waals surface area contributed by atoms with E-state index in [0.29, 0.717) is 6.54 Å². The van der Waals surface area contributed by atoms with Crippen LogP contribution in [0.1, 0.15) is 48.2 Å². The summed E-state index contributed by atoms with van der Waals surface area (Å²) in [5, 5.41) is 10.9. The lowest BCUT2D eigenvalue weighted by Gasteiger charge is -2.23. The first-order chi connectivity index (χ1) is 12.1. The molecule has 2 atom stereocenters. The Balaban J connectivity index is 1.65. The fourth-order valence-corrected chi connectivity index (χ4v) is 3.31. The molecule has 0 unspecified atom stereocenters. The first kappa shape index (κ1) is 17.1. The van der Waals surface area contributed by atoms with E-state index in [-0.39, 0.29) is 29.5 Å². The number of benzene rings is 1. The lowest BCUT2D eigenvalue weighted by Crippen LogP contribution is -2.45. The van der Waals surface area contributed by atoms with E-state index >= 15 is 0 Å². The number of nitrogens with two attached hydrogens (primary N) is 1. The predicted molar refractivity (Wildman–Crippen MR) is 92.6 cm³/mol. The number of hydrogen-bond donors (Lipinski definition) is 2. The zero-order valence-corrected chi connectivity index (χ0v) is 14.1. The van der Waals surface area contributed by atoms with Gasteiger partial charge in [0.25, 0.3) is 5.91 Å². The molecule has 132 valence electrons. The molecule has 1 saturated carbocycles. The number of aromatic nitrogens is 3. The van der Waals surface area contributed by atoms with Crippen molar-refractivity contribution in [3.8, 4) is 0 Å². The molecule has 1 fully saturated rings. The fraction of sp³-hybridized carbons (Fsp3) is 0.444. The van der Waals surface area contributed by atoms with Crippen molar-refractivity contribution in [2.24, 2.45) is 11.7 Å².